The number of aryl methyl sites for hydroxylation is 1. The molecule has 0 spiro atoms. The molecule has 1 saturated heterocycles. The van der Waals surface area contributed by atoms with Gasteiger partial charge in [0.15, 0.2) is 0 Å². The van der Waals surface area contributed by atoms with Gasteiger partial charge in [0, 0.05) is 41.5 Å². The van der Waals surface area contributed by atoms with Crippen LogP contribution in [0.2, 0.25) is 0 Å². The molecular formula is C30H29N3O. The van der Waals surface area contributed by atoms with E-state index in [0.29, 0.717) is 5.56 Å². The average molecular weight is 448 g/mol. The number of morpholine rings is 1. The van der Waals surface area contributed by atoms with Crippen LogP contribution in [0.5, 0.6) is 0 Å². The molecule has 0 aliphatic carbocycles. The van der Waals surface area contributed by atoms with E-state index in [-0.39, 0.29) is 12.2 Å². The minimum absolute atomic E-state index is 0.241. The third-order valence-corrected chi connectivity index (χ3v) is 6.65. The number of benzene rings is 3. The maximum atomic E-state index is 9.12. The van der Waals surface area contributed by atoms with Crippen LogP contribution in [-0.2, 0) is 11.2 Å². The van der Waals surface area contributed by atoms with E-state index in [0.717, 1.165) is 36.2 Å². The Kier molecular flexibility index (Phi) is 6.04. The highest BCUT2D eigenvalue weighted by atomic mass is 16.5. The lowest BCUT2D eigenvalue weighted by Gasteiger charge is -2.37. The van der Waals surface area contributed by atoms with Crippen molar-refractivity contribution in [2.24, 2.45) is 0 Å². The molecule has 2 atom stereocenters. The van der Waals surface area contributed by atoms with Gasteiger partial charge >= 0.3 is 0 Å². The number of para-hydroxylation sites is 1. The first-order chi connectivity index (χ1) is 16.6. The molecule has 0 N–H and O–H groups in total. The molecular weight excluding hydrogens is 418 g/mol. The van der Waals surface area contributed by atoms with Gasteiger partial charge in [-0.2, -0.15) is 5.26 Å². The lowest BCUT2D eigenvalue weighted by atomic mass is 9.93. The zero-order chi connectivity index (χ0) is 23.7. The highest BCUT2D eigenvalue weighted by molar-refractivity contribution is 5.98. The van der Waals surface area contributed by atoms with E-state index in [1.807, 2.05) is 30.5 Å². The van der Waals surface area contributed by atoms with Gasteiger partial charge in [-0.25, -0.2) is 0 Å². The van der Waals surface area contributed by atoms with Gasteiger partial charge in [-0.15, -0.1) is 0 Å². The van der Waals surface area contributed by atoms with Crippen molar-refractivity contribution in [3.63, 3.8) is 0 Å². The van der Waals surface area contributed by atoms with Gasteiger partial charge in [0.1, 0.15) is 0 Å². The van der Waals surface area contributed by atoms with E-state index >= 15 is 0 Å². The van der Waals surface area contributed by atoms with Crippen LogP contribution < -0.4 is 4.90 Å². The summed E-state index contributed by atoms with van der Waals surface area (Å²) in [7, 11) is 0. The summed E-state index contributed by atoms with van der Waals surface area (Å²) in [6.07, 6.45) is 3.42. The summed E-state index contributed by atoms with van der Waals surface area (Å²) >= 11 is 0. The van der Waals surface area contributed by atoms with Crippen molar-refractivity contribution in [3.8, 4) is 28.3 Å². The largest absolute Gasteiger partial charge is 0.372 e. The molecule has 0 amide bonds. The molecule has 0 bridgehead atoms. The van der Waals surface area contributed by atoms with E-state index in [4.69, 9.17) is 15.0 Å². The van der Waals surface area contributed by atoms with Crippen molar-refractivity contribution in [1.29, 1.82) is 5.26 Å². The fourth-order valence-corrected chi connectivity index (χ4v) is 5.11. The summed E-state index contributed by atoms with van der Waals surface area (Å²) in [6.45, 7) is 8.31. The SMILES string of the molecule is CCc1c(-c2ccc(N3CC(C)O[C@H](C)C3)cc2)cnc2c(-c3ccc(C#N)cc3)cccc12. The third-order valence-electron chi connectivity index (χ3n) is 6.65. The van der Waals surface area contributed by atoms with Crippen LogP contribution in [0.25, 0.3) is 33.2 Å². The predicted molar refractivity (Wildman–Crippen MR) is 139 cm³/mol. The highest BCUT2D eigenvalue weighted by Gasteiger charge is 2.22. The summed E-state index contributed by atoms with van der Waals surface area (Å²) in [4.78, 5) is 7.33. The highest BCUT2D eigenvalue weighted by Crippen LogP contribution is 2.35. The topological polar surface area (TPSA) is 49.1 Å². The van der Waals surface area contributed by atoms with E-state index in [9.17, 15) is 0 Å². The molecule has 0 radical (unpaired) electrons. The second kappa shape index (κ2) is 9.29. The molecule has 1 unspecified atom stereocenters. The van der Waals surface area contributed by atoms with Gasteiger partial charge in [0.2, 0.25) is 0 Å². The minimum Gasteiger partial charge on any atom is -0.372 e. The van der Waals surface area contributed by atoms with E-state index in [1.54, 1.807) is 0 Å². The first kappa shape index (κ1) is 22.1. The lowest BCUT2D eigenvalue weighted by molar-refractivity contribution is -0.00521. The smallest absolute Gasteiger partial charge is 0.0991 e. The summed E-state index contributed by atoms with van der Waals surface area (Å²) in [5, 5.41) is 10.3. The van der Waals surface area contributed by atoms with Gasteiger partial charge in [0.05, 0.1) is 29.4 Å². The second-order valence-electron chi connectivity index (χ2n) is 9.10. The fraction of sp³-hybridized carbons (Fsp3) is 0.267. The molecule has 1 aliphatic heterocycles. The summed E-state index contributed by atoms with van der Waals surface area (Å²) in [5.74, 6) is 0. The van der Waals surface area contributed by atoms with Crippen molar-refractivity contribution >= 4 is 16.6 Å². The maximum Gasteiger partial charge on any atom is 0.0991 e. The quantitative estimate of drug-likeness (QED) is 0.353. The van der Waals surface area contributed by atoms with Crippen molar-refractivity contribution in [1.82, 2.24) is 4.98 Å². The number of ether oxygens (including phenoxy) is 1. The summed E-state index contributed by atoms with van der Waals surface area (Å²) < 4.78 is 5.89. The molecule has 4 heteroatoms. The average Bonchev–Trinajstić information content (AvgIpc) is 2.87. The molecule has 170 valence electrons. The Morgan fingerprint density at radius 2 is 1.56 bits per heavy atom. The number of rotatable bonds is 4. The van der Waals surface area contributed by atoms with Gasteiger partial charge < -0.3 is 9.64 Å². The standard InChI is InChI=1S/C30H29N3O/c1-4-26-28-7-5-6-27(23-10-8-22(16-31)9-11-23)30(28)32-17-29(26)24-12-14-25(15-13-24)33-18-20(2)34-21(3)19-33/h5-15,17,20-21H,4,18-19H2,1-3H3/t20-,21?/m1/s1. The molecule has 4 nitrogen and oxygen atoms in total. The molecule has 34 heavy (non-hydrogen) atoms. The number of pyridine rings is 1. The molecule has 3 aromatic carbocycles. The molecule has 5 rings (SSSR count). The number of nitriles is 1. The van der Waals surface area contributed by atoms with Gasteiger partial charge in [-0.05, 0) is 61.2 Å². The number of anilines is 1. The van der Waals surface area contributed by atoms with Crippen LogP contribution >= 0.6 is 0 Å². The Labute approximate surface area is 201 Å². The van der Waals surface area contributed by atoms with Crippen LogP contribution in [0.15, 0.2) is 72.9 Å². The molecule has 1 fully saturated rings. The number of aromatic nitrogens is 1. The minimum atomic E-state index is 0.241. The molecule has 4 aromatic rings. The van der Waals surface area contributed by atoms with E-state index < -0.39 is 0 Å². The number of nitrogens with zero attached hydrogens (tertiary/aromatic N) is 3. The van der Waals surface area contributed by atoms with Crippen molar-refractivity contribution in [3.05, 3.63) is 84.1 Å². The number of fused-ring (bicyclic) bond motifs is 1. The normalized spacial score (nSPS) is 18.1. The Morgan fingerprint density at radius 1 is 0.912 bits per heavy atom. The Hall–Kier alpha value is -3.68. The number of hydrogen-bond donors (Lipinski definition) is 0. The Balaban J connectivity index is 1.52. The van der Waals surface area contributed by atoms with Crippen LogP contribution in [0.3, 0.4) is 0 Å². The lowest BCUT2D eigenvalue weighted by Crippen LogP contribution is -2.45. The van der Waals surface area contributed by atoms with Gasteiger partial charge in [-0.1, -0.05) is 49.4 Å². The first-order valence-corrected chi connectivity index (χ1v) is 12.0. The van der Waals surface area contributed by atoms with E-state index in [2.05, 4.69) is 74.2 Å². The third kappa shape index (κ3) is 4.16. The van der Waals surface area contributed by atoms with Crippen LogP contribution in [-0.4, -0.2) is 30.3 Å². The van der Waals surface area contributed by atoms with Crippen molar-refractivity contribution in [2.45, 2.75) is 39.4 Å². The molecule has 1 aliphatic rings. The van der Waals surface area contributed by atoms with Crippen LogP contribution in [0, 0.1) is 11.3 Å². The zero-order valence-corrected chi connectivity index (χ0v) is 20.0. The van der Waals surface area contributed by atoms with Crippen molar-refractivity contribution in [2.75, 3.05) is 18.0 Å². The van der Waals surface area contributed by atoms with Crippen molar-refractivity contribution < 1.29 is 4.74 Å². The Morgan fingerprint density at radius 3 is 2.21 bits per heavy atom. The van der Waals surface area contributed by atoms with Crippen LogP contribution in [0.4, 0.5) is 5.69 Å². The predicted octanol–water partition coefficient (Wildman–Crippen LogP) is 6.62. The first-order valence-electron chi connectivity index (χ1n) is 12.0. The van der Waals surface area contributed by atoms with Gasteiger partial charge in [0.25, 0.3) is 0 Å². The number of hydrogen-bond acceptors (Lipinski definition) is 4. The second-order valence-corrected chi connectivity index (χ2v) is 9.10. The zero-order valence-electron chi connectivity index (χ0n) is 20.0. The molecule has 1 aromatic heterocycles. The molecule has 0 saturated carbocycles. The monoisotopic (exact) mass is 447 g/mol. The fourth-order valence-electron chi connectivity index (χ4n) is 5.11. The van der Waals surface area contributed by atoms with Gasteiger partial charge in [-0.3, -0.25) is 4.98 Å². The maximum absolute atomic E-state index is 9.12. The van der Waals surface area contributed by atoms with E-state index in [1.165, 1.54) is 27.8 Å². The Bertz CT molecular complexity index is 1340. The van der Waals surface area contributed by atoms with Crippen LogP contribution in [0.1, 0.15) is 31.9 Å². The summed E-state index contributed by atoms with van der Waals surface area (Å²) in [6, 6.07) is 25.2. The summed E-state index contributed by atoms with van der Waals surface area (Å²) in [5.41, 5.74) is 8.75. The molecule has 2 heterocycles.